The van der Waals surface area contributed by atoms with Gasteiger partial charge in [0, 0.05) is 11.1 Å². The van der Waals surface area contributed by atoms with Gasteiger partial charge in [0.1, 0.15) is 11.3 Å². The van der Waals surface area contributed by atoms with E-state index < -0.39 is 0 Å². The topological polar surface area (TPSA) is 54.9 Å². The first-order valence-electron chi connectivity index (χ1n) is 6.67. The molecule has 3 rings (SSSR count). The van der Waals surface area contributed by atoms with Gasteiger partial charge in [-0.15, -0.1) is 0 Å². The van der Waals surface area contributed by atoms with Crippen LogP contribution in [0, 0.1) is 6.92 Å². The number of rotatable bonds is 4. The van der Waals surface area contributed by atoms with E-state index in [4.69, 9.17) is 0 Å². The third-order valence-corrected chi connectivity index (χ3v) is 4.22. The molecule has 0 atom stereocenters. The molecule has 104 valence electrons. The van der Waals surface area contributed by atoms with Crippen LogP contribution in [0.1, 0.15) is 35.8 Å². The van der Waals surface area contributed by atoms with Crippen LogP contribution < -0.4 is 5.32 Å². The van der Waals surface area contributed by atoms with Crippen LogP contribution in [0.5, 0.6) is 0 Å². The number of nitrogens with zero attached hydrogens (tertiary/aromatic N) is 2. The first-order valence-corrected chi connectivity index (χ1v) is 7.79. The molecule has 5 heteroatoms. The fraction of sp³-hybridized carbons (Fsp3) is 0.400. The number of Topliss-reactive ketones (excluding diaryl/α,β-unsaturated/α-hetero) is 1. The summed E-state index contributed by atoms with van der Waals surface area (Å²) in [5.74, 6) is 0.810. The Bertz CT molecular complexity index is 695. The van der Waals surface area contributed by atoms with Crippen molar-refractivity contribution in [2.75, 3.05) is 10.6 Å². The number of ketones is 1. The van der Waals surface area contributed by atoms with Gasteiger partial charge >= 0.3 is 0 Å². The smallest absolute Gasteiger partial charge is 0.175 e. The highest BCUT2D eigenvalue weighted by Gasteiger charge is 2.38. The summed E-state index contributed by atoms with van der Waals surface area (Å²) in [6.45, 7) is 4.12. The van der Waals surface area contributed by atoms with Crippen molar-refractivity contribution < 1.29 is 4.79 Å². The van der Waals surface area contributed by atoms with E-state index in [0.29, 0.717) is 16.4 Å². The lowest BCUT2D eigenvalue weighted by molar-refractivity contribution is 0.102. The van der Waals surface area contributed by atoms with Gasteiger partial charge in [0.05, 0.1) is 16.5 Å². The maximum absolute atomic E-state index is 12.0. The van der Waals surface area contributed by atoms with Crippen LogP contribution >= 0.6 is 15.9 Å². The molecule has 1 saturated carbocycles. The van der Waals surface area contributed by atoms with Crippen LogP contribution in [0.4, 0.5) is 5.82 Å². The van der Waals surface area contributed by atoms with Gasteiger partial charge in [-0.3, -0.25) is 4.79 Å². The molecule has 0 aliphatic heterocycles. The molecule has 2 aromatic rings. The van der Waals surface area contributed by atoms with E-state index in [2.05, 4.69) is 38.1 Å². The molecule has 1 aliphatic carbocycles. The van der Waals surface area contributed by atoms with Crippen molar-refractivity contribution in [1.29, 1.82) is 0 Å². The molecule has 1 aliphatic rings. The van der Waals surface area contributed by atoms with Gasteiger partial charge in [-0.25, -0.2) is 9.97 Å². The normalized spacial score (nSPS) is 16.1. The molecular weight excluding hydrogens is 318 g/mol. The van der Waals surface area contributed by atoms with Crippen molar-refractivity contribution in [1.82, 2.24) is 9.97 Å². The molecule has 1 fully saturated rings. The Morgan fingerprint density at radius 2 is 2.15 bits per heavy atom. The fourth-order valence-corrected chi connectivity index (χ4v) is 2.48. The van der Waals surface area contributed by atoms with Crippen LogP contribution in [0.3, 0.4) is 0 Å². The van der Waals surface area contributed by atoms with Gasteiger partial charge in [-0.2, -0.15) is 0 Å². The van der Waals surface area contributed by atoms with Crippen molar-refractivity contribution in [2.24, 2.45) is 0 Å². The van der Waals surface area contributed by atoms with Gasteiger partial charge in [-0.05, 0) is 38.8 Å². The number of aromatic nitrogens is 2. The summed E-state index contributed by atoms with van der Waals surface area (Å²) >= 11 is 3.22. The molecule has 20 heavy (non-hydrogen) atoms. The average molecular weight is 334 g/mol. The zero-order valence-electron chi connectivity index (χ0n) is 11.5. The Labute approximate surface area is 126 Å². The number of para-hydroxylation sites is 1. The largest absolute Gasteiger partial charge is 0.363 e. The molecule has 1 heterocycles. The third kappa shape index (κ3) is 2.42. The number of alkyl halides is 1. The van der Waals surface area contributed by atoms with Crippen LogP contribution in [-0.4, -0.2) is 26.6 Å². The second-order valence-corrected chi connectivity index (χ2v) is 6.13. The lowest BCUT2D eigenvalue weighted by atomic mass is 10.1. The van der Waals surface area contributed by atoms with Crippen molar-refractivity contribution >= 4 is 38.6 Å². The van der Waals surface area contributed by atoms with E-state index in [0.717, 1.165) is 29.9 Å². The second kappa shape index (κ2) is 4.81. The predicted molar refractivity (Wildman–Crippen MR) is 83.7 cm³/mol. The minimum Gasteiger partial charge on any atom is -0.363 e. The minimum absolute atomic E-state index is 0.0253. The van der Waals surface area contributed by atoms with Crippen LogP contribution in [-0.2, 0) is 0 Å². The SMILES string of the molecule is Cc1nc2cccc(C(=O)CBr)c2nc1NC1(C)CC1. The number of hydrogen-bond acceptors (Lipinski definition) is 4. The molecule has 0 amide bonds. The Kier molecular flexibility index (Phi) is 3.24. The van der Waals surface area contributed by atoms with Crippen molar-refractivity contribution in [3.63, 3.8) is 0 Å². The summed E-state index contributed by atoms with van der Waals surface area (Å²) in [5.41, 5.74) is 3.07. The highest BCUT2D eigenvalue weighted by atomic mass is 79.9. The standard InChI is InChI=1S/C15H16BrN3O/c1-9-14(19-15(2)6-7-15)18-13-10(12(20)8-16)4-3-5-11(13)17-9/h3-5H,6-8H2,1-2H3,(H,18,19). The lowest BCUT2D eigenvalue weighted by Gasteiger charge is -2.15. The Morgan fingerprint density at radius 1 is 1.40 bits per heavy atom. The molecule has 1 aromatic carbocycles. The zero-order valence-corrected chi connectivity index (χ0v) is 13.1. The average Bonchev–Trinajstić information content (AvgIpc) is 3.16. The summed E-state index contributed by atoms with van der Waals surface area (Å²) in [5, 5.41) is 3.73. The molecule has 0 bridgehead atoms. The summed E-state index contributed by atoms with van der Waals surface area (Å²) in [6.07, 6.45) is 2.29. The molecule has 1 aromatic heterocycles. The van der Waals surface area contributed by atoms with Gasteiger partial charge < -0.3 is 5.32 Å². The monoisotopic (exact) mass is 333 g/mol. The zero-order chi connectivity index (χ0) is 14.3. The molecular formula is C15H16BrN3O. The number of halogens is 1. The van der Waals surface area contributed by atoms with Crippen molar-refractivity contribution in [3.05, 3.63) is 29.5 Å². The number of benzene rings is 1. The van der Waals surface area contributed by atoms with E-state index in [1.807, 2.05) is 19.1 Å². The van der Waals surface area contributed by atoms with Crippen LogP contribution in [0.15, 0.2) is 18.2 Å². The highest BCUT2D eigenvalue weighted by Crippen LogP contribution is 2.38. The van der Waals surface area contributed by atoms with E-state index in [1.54, 1.807) is 6.07 Å². The maximum Gasteiger partial charge on any atom is 0.175 e. The summed E-state index contributed by atoms with van der Waals surface area (Å²) in [7, 11) is 0. The predicted octanol–water partition coefficient (Wildman–Crippen LogP) is 3.48. The van der Waals surface area contributed by atoms with Gasteiger partial charge in [0.15, 0.2) is 5.78 Å². The number of carbonyl (C=O) groups is 1. The van der Waals surface area contributed by atoms with Crippen molar-refractivity contribution in [3.8, 4) is 0 Å². The molecule has 1 N–H and O–H groups in total. The van der Waals surface area contributed by atoms with Crippen LogP contribution in [0.25, 0.3) is 11.0 Å². The van der Waals surface area contributed by atoms with E-state index >= 15 is 0 Å². The quantitative estimate of drug-likeness (QED) is 0.687. The summed E-state index contributed by atoms with van der Waals surface area (Å²) in [6, 6.07) is 5.54. The highest BCUT2D eigenvalue weighted by molar-refractivity contribution is 9.09. The maximum atomic E-state index is 12.0. The first-order chi connectivity index (χ1) is 9.52. The number of carbonyl (C=O) groups excluding carboxylic acids is 1. The number of nitrogens with one attached hydrogen (secondary N) is 1. The summed E-state index contributed by atoms with van der Waals surface area (Å²) in [4.78, 5) is 21.2. The van der Waals surface area contributed by atoms with Gasteiger partial charge in [0.25, 0.3) is 0 Å². The second-order valence-electron chi connectivity index (χ2n) is 5.57. The fourth-order valence-electron chi connectivity index (χ4n) is 2.18. The van der Waals surface area contributed by atoms with E-state index in [-0.39, 0.29) is 11.3 Å². The molecule has 0 radical (unpaired) electrons. The van der Waals surface area contributed by atoms with Crippen molar-refractivity contribution in [2.45, 2.75) is 32.2 Å². The number of fused-ring (bicyclic) bond motifs is 1. The Hall–Kier alpha value is -1.49. The lowest BCUT2D eigenvalue weighted by Crippen LogP contribution is -2.18. The Balaban J connectivity index is 2.13. The number of anilines is 1. The molecule has 0 spiro atoms. The molecule has 0 unspecified atom stereocenters. The molecule has 0 saturated heterocycles. The Morgan fingerprint density at radius 3 is 2.80 bits per heavy atom. The van der Waals surface area contributed by atoms with E-state index in [9.17, 15) is 4.79 Å². The van der Waals surface area contributed by atoms with E-state index in [1.165, 1.54) is 0 Å². The van der Waals surface area contributed by atoms with Gasteiger partial charge in [0.2, 0.25) is 0 Å². The minimum atomic E-state index is 0.0253. The third-order valence-electron chi connectivity index (χ3n) is 3.71. The molecule has 4 nitrogen and oxygen atoms in total. The number of aryl methyl sites for hydroxylation is 1. The van der Waals surface area contributed by atoms with Crippen LogP contribution in [0.2, 0.25) is 0 Å². The first kappa shape index (κ1) is 13.5. The number of hydrogen-bond donors (Lipinski definition) is 1. The van der Waals surface area contributed by atoms with Gasteiger partial charge in [-0.1, -0.05) is 22.0 Å². The summed E-state index contributed by atoms with van der Waals surface area (Å²) < 4.78 is 0.